The minimum atomic E-state index is 0.240. The van der Waals surface area contributed by atoms with E-state index in [4.69, 9.17) is 15.6 Å². The Labute approximate surface area is 100 Å². The van der Waals surface area contributed by atoms with Gasteiger partial charge in [-0.25, -0.2) is 0 Å². The molecule has 2 rings (SSSR count). The van der Waals surface area contributed by atoms with Crippen LogP contribution in [-0.2, 0) is 13.2 Å². The minimum Gasteiger partial charge on any atom is -0.508 e. The second kappa shape index (κ2) is 5.37. The van der Waals surface area contributed by atoms with Crippen molar-refractivity contribution in [2.24, 2.45) is 5.73 Å². The lowest BCUT2D eigenvalue weighted by molar-refractivity contribution is 0.305. The van der Waals surface area contributed by atoms with Crippen molar-refractivity contribution >= 4 is 0 Å². The quantitative estimate of drug-likeness (QED) is 0.846. The predicted molar refractivity (Wildman–Crippen MR) is 66.8 cm³/mol. The van der Waals surface area contributed by atoms with Gasteiger partial charge < -0.3 is 15.6 Å². The molecule has 0 atom stereocenters. The van der Waals surface area contributed by atoms with Crippen LogP contribution < -0.4 is 10.5 Å². The number of nitrogens with two attached hydrogens (primary N) is 1. The van der Waals surface area contributed by atoms with Crippen molar-refractivity contribution < 1.29 is 9.84 Å². The van der Waals surface area contributed by atoms with Gasteiger partial charge in [0.2, 0.25) is 0 Å². The number of phenols is 1. The largest absolute Gasteiger partial charge is 0.508 e. The Morgan fingerprint density at radius 2 is 1.47 bits per heavy atom. The van der Waals surface area contributed by atoms with E-state index in [1.165, 1.54) is 0 Å². The summed E-state index contributed by atoms with van der Waals surface area (Å²) in [4.78, 5) is 0. The summed E-state index contributed by atoms with van der Waals surface area (Å²) < 4.78 is 5.58. The Morgan fingerprint density at radius 1 is 0.882 bits per heavy atom. The molecule has 0 aliphatic heterocycles. The first kappa shape index (κ1) is 11.5. The van der Waals surface area contributed by atoms with Gasteiger partial charge in [-0.3, -0.25) is 0 Å². The third kappa shape index (κ3) is 3.23. The van der Waals surface area contributed by atoms with Gasteiger partial charge in [-0.1, -0.05) is 24.3 Å². The van der Waals surface area contributed by atoms with Crippen LogP contribution in [0, 0.1) is 0 Å². The SMILES string of the molecule is NCc1ccc(COc2ccc(O)cc2)cc1. The Bertz CT molecular complexity index is 463. The van der Waals surface area contributed by atoms with Crippen molar-refractivity contribution in [3.05, 3.63) is 59.7 Å². The van der Waals surface area contributed by atoms with Crippen LogP contribution in [0.2, 0.25) is 0 Å². The Morgan fingerprint density at radius 3 is 2.06 bits per heavy atom. The fourth-order valence-electron chi connectivity index (χ4n) is 1.48. The van der Waals surface area contributed by atoms with Crippen LogP contribution >= 0.6 is 0 Å². The molecular formula is C14H15NO2. The lowest BCUT2D eigenvalue weighted by Gasteiger charge is -2.06. The Kier molecular flexibility index (Phi) is 3.62. The highest BCUT2D eigenvalue weighted by atomic mass is 16.5. The van der Waals surface area contributed by atoms with E-state index in [0.717, 1.165) is 16.9 Å². The summed E-state index contributed by atoms with van der Waals surface area (Å²) in [5, 5.41) is 9.13. The Hall–Kier alpha value is -2.00. The first-order valence-electron chi connectivity index (χ1n) is 5.47. The third-order valence-corrected chi connectivity index (χ3v) is 2.50. The van der Waals surface area contributed by atoms with Crippen molar-refractivity contribution in [3.8, 4) is 11.5 Å². The van der Waals surface area contributed by atoms with Gasteiger partial charge in [0, 0.05) is 6.54 Å². The van der Waals surface area contributed by atoms with Crippen LogP contribution in [0.15, 0.2) is 48.5 Å². The monoisotopic (exact) mass is 229 g/mol. The van der Waals surface area contributed by atoms with Crippen LogP contribution in [0.4, 0.5) is 0 Å². The number of hydrogen-bond acceptors (Lipinski definition) is 3. The van der Waals surface area contributed by atoms with Crippen LogP contribution in [0.25, 0.3) is 0 Å². The molecule has 0 aliphatic rings. The van der Waals surface area contributed by atoms with Crippen molar-refractivity contribution in [2.45, 2.75) is 13.2 Å². The number of phenolic OH excluding ortho intramolecular Hbond substituents is 1. The smallest absolute Gasteiger partial charge is 0.120 e. The van der Waals surface area contributed by atoms with Crippen molar-refractivity contribution in [1.29, 1.82) is 0 Å². The second-order valence-electron chi connectivity index (χ2n) is 3.80. The lowest BCUT2D eigenvalue weighted by Crippen LogP contribution is -1.98. The van der Waals surface area contributed by atoms with E-state index in [9.17, 15) is 0 Å². The number of benzene rings is 2. The van der Waals surface area contributed by atoms with Crippen molar-refractivity contribution in [2.75, 3.05) is 0 Å². The molecule has 17 heavy (non-hydrogen) atoms. The summed E-state index contributed by atoms with van der Waals surface area (Å²) >= 11 is 0. The summed E-state index contributed by atoms with van der Waals surface area (Å²) in [6, 6.07) is 14.7. The van der Waals surface area contributed by atoms with E-state index in [1.807, 2.05) is 24.3 Å². The van der Waals surface area contributed by atoms with Gasteiger partial charge in [-0.05, 0) is 35.4 Å². The zero-order valence-corrected chi connectivity index (χ0v) is 9.47. The molecule has 0 spiro atoms. The second-order valence-corrected chi connectivity index (χ2v) is 3.80. The predicted octanol–water partition coefficient (Wildman–Crippen LogP) is 2.43. The fourth-order valence-corrected chi connectivity index (χ4v) is 1.48. The molecule has 0 saturated carbocycles. The normalized spacial score (nSPS) is 10.2. The summed E-state index contributed by atoms with van der Waals surface area (Å²) in [5.74, 6) is 0.982. The first-order valence-corrected chi connectivity index (χ1v) is 5.47. The van der Waals surface area contributed by atoms with Gasteiger partial charge in [-0.15, -0.1) is 0 Å². The molecule has 2 aromatic carbocycles. The molecule has 3 N–H and O–H groups in total. The maximum atomic E-state index is 9.13. The summed E-state index contributed by atoms with van der Waals surface area (Å²) in [7, 11) is 0. The summed E-state index contributed by atoms with van der Waals surface area (Å²) in [6.07, 6.45) is 0. The number of rotatable bonds is 4. The average Bonchev–Trinajstić information content (AvgIpc) is 2.39. The van der Waals surface area contributed by atoms with E-state index in [0.29, 0.717) is 13.2 Å². The number of hydrogen-bond donors (Lipinski definition) is 2. The molecular weight excluding hydrogens is 214 g/mol. The topological polar surface area (TPSA) is 55.5 Å². The number of ether oxygens (including phenoxy) is 1. The van der Waals surface area contributed by atoms with E-state index in [2.05, 4.69) is 0 Å². The van der Waals surface area contributed by atoms with Gasteiger partial charge >= 0.3 is 0 Å². The molecule has 0 heterocycles. The van der Waals surface area contributed by atoms with Gasteiger partial charge in [0.1, 0.15) is 18.1 Å². The highest BCUT2D eigenvalue weighted by Crippen LogP contribution is 2.17. The maximum Gasteiger partial charge on any atom is 0.120 e. The summed E-state index contributed by atoms with van der Waals surface area (Å²) in [5.41, 5.74) is 7.73. The zero-order chi connectivity index (χ0) is 12.1. The highest BCUT2D eigenvalue weighted by molar-refractivity contribution is 5.30. The molecule has 3 nitrogen and oxygen atoms in total. The third-order valence-electron chi connectivity index (χ3n) is 2.50. The average molecular weight is 229 g/mol. The van der Waals surface area contributed by atoms with Crippen LogP contribution in [0.5, 0.6) is 11.5 Å². The van der Waals surface area contributed by atoms with Gasteiger partial charge in [0.05, 0.1) is 0 Å². The minimum absolute atomic E-state index is 0.240. The lowest BCUT2D eigenvalue weighted by atomic mass is 10.1. The molecule has 3 heteroatoms. The number of aromatic hydroxyl groups is 1. The van der Waals surface area contributed by atoms with Crippen LogP contribution in [0.1, 0.15) is 11.1 Å². The molecule has 0 saturated heterocycles. The van der Waals surface area contributed by atoms with Gasteiger partial charge in [0.25, 0.3) is 0 Å². The fraction of sp³-hybridized carbons (Fsp3) is 0.143. The molecule has 0 radical (unpaired) electrons. The summed E-state index contributed by atoms with van der Waals surface area (Å²) in [6.45, 7) is 1.06. The van der Waals surface area contributed by atoms with Gasteiger partial charge in [0.15, 0.2) is 0 Å². The molecule has 88 valence electrons. The standard InChI is InChI=1S/C14H15NO2/c15-9-11-1-3-12(4-2-11)10-17-14-7-5-13(16)6-8-14/h1-8,16H,9-10,15H2. The van der Waals surface area contributed by atoms with Crippen LogP contribution in [0.3, 0.4) is 0 Å². The van der Waals surface area contributed by atoms with E-state index < -0.39 is 0 Å². The van der Waals surface area contributed by atoms with E-state index >= 15 is 0 Å². The van der Waals surface area contributed by atoms with Crippen molar-refractivity contribution in [1.82, 2.24) is 0 Å². The molecule has 2 aromatic rings. The van der Waals surface area contributed by atoms with Gasteiger partial charge in [-0.2, -0.15) is 0 Å². The molecule has 0 amide bonds. The molecule has 0 unspecified atom stereocenters. The van der Waals surface area contributed by atoms with Crippen molar-refractivity contribution in [3.63, 3.8) is 0 Å². The molecule has 0 aromatic heterocycles. The van der Waals surface area contributed by atoms with E-state index in [-0.39, 0.29) is 5.75 Å². The Balaban J connectivity index is 1.95. The molecule has 0 fully saturated rings. The highest BCUT2D eigenvalue weighted by Gasteiger charge is 1.96. The molecule has 0 bridgehead atoms. The zero-order valence-electron chi connectivity index (χ0n) is 9.47. The van der Waals surface area contributed by atoms with E-state index in [1.54, 1.807) is 24.3 Å². The van der Waals surface area contributed by atoms with Crippen LogP contribution in [-0.4, -0.2) is 5.11 Å². The maximum absolute atomic E-state index is 9.13. The first-order chi connectivity index (χ1) is 8.28. The molecule has 0 aliphatic carbocycles.